The van der Waals surface area contributed by atoms with Crippen LogP contribution in [0.1, 0.15) is 11.1 Å². The van der Waals surface area contributed by atoms with Crippen molar-refractivity contribution in [1.29, 1.82) is 5.26 Å². The van der Waals surface area contributed by atoms with Gasteiger partial charge in [0.2, 0.25) is 0 Å². The molecule has 0 aromatic heterocycles. The molecule has 2 nitrogen and oxygen atoms in total. The Morgan fingerprint density at radius 1 is 1.17 bits per heavy atom. The molecule has 2 N–H and O–H groups in total. The van der Waals surface area contributed by atoms with E-state index in [-0.39, 0.29) is 0 Å². The molecule has 0 heterocycles. The minimum atomic E-state index is 0.669. The number of anilines is 1. The number of hydrogen-bond acceptors (Lipinski definition) is 3. The molecule has 0 unspecified atom stereocenters. The molecule has 0 saturated heterocycles. The van der Waals surface area contributed by atoms with Gasteiger partial charge in [0, 0.05) is 16.3 Å². The van der Waals surface area contributed by atoms with Crippen molar-refractivity contribution in [2.75, 3.05) is 5.73 Å². The first-order valence-corrected chi connectivity index (χ1v) is 6.72. The van der Waals surface area contributed by atoms with E-state index >= 15 is 0 Å². The summed E-state index contributed by atoms with van der Waals surface area (Å²) < 4.78 is 0. The number of halogens is 1. The zero-order valence-electron chi connectivity index (χ0n) is 9.56. The van der Waals surface area contributed by atoms with Crippen molar-refractivity contribution in [3.05, 3.63) is 58.6 Å². The fraction of sp³-hybridized carbons (Fsp3) is 0.0714. The van der Waals surface area contributed by atoms with Gasteiger partial charge in [-0.2, -0.15) is 5.26 Å². The Kier molecular flexibility index (Phi) is 4.14. The van der Waals surface area contributed by atoms with E-state index in [4.69, 9.17) is 22.6 Å². The molecule has 0 saturated carbocycles. The number of hydrogen-bond donors (Lipinski definition) is 1. The second kappa shape index (κ2) is 5.81. The highest BCUT2D eigenvalue weighted by Crippen LogP contribution is 2.31. The summed E-state index contributed by atoms with van der Waals surface area (Å²) in [4.78, 5) is 1.01. The summed E-state index contributed by atoms with van der Waals surface area (Å²) in [5.74, 6) is 0.815. The van der Waals surface area contributed by atoms with Crippen LogP contribution in [0.3, 0.4) is 0 Å². The minimum absolute atomic E-state index is 0.669. The van der Waals surface area contributed by atoms with Gasteiger partial charge in [-0.15, -0.1) is 11.8 Å². The molecule has 0 atom stereocenters. The highest BCUT2D eigenvalue weighted by molar-refractivity contribution is 7.98. The number of nitrogen functional groups attached to an aromatic ring is 1. The maximum absolute atomic E-state index is 8.71. The summed E-state index contributed by atoms with van der Waals surface area (Å²) in [7, 11) is 0. The molecule has 2 aromatic carbocycles. The number of thioether (sulfide) groups is 1. The molecule has 2 aromatic rings. The van der Waals surface area contributed by atoms with Crippen LogP contribution in [0, 0.1) is 11.3 Å². The lowest BCUT2D eigenvalue weighted by Gasteiger charge is -2.05. The van der Waals surface area contributed by atoms with Gasteiger partial charge in [-0.25, -0.2) is 0 Å². The van der Waals surface area contributed by atoms with E-state index in [0.29, 0.717) is 16.3 Å². The van der Waals surface area contributed by atoms with Gasteiger partial charge in [0.05, 0.1) is 16.7 Å². The highest BCUT2D eigenvalue weighted by atomic mass is 35.5. The molecule has 0 aliphatic carbocycles. The predicted octanol–water partition coefficient (Wildman–Crippen LogP) is 4.09. The van der Waals surface area contributed by atoms with Gasteiger partial charge < -0.3 is 5.73 Å². The monoisotopic (exact) mass is 274 g/mol. The molecule has 0 aliphatic heterocycles. The maximum Gasteiger partial charge on any atom is 0.0991 e. The van der Waals surface area contributed by atoms with E-state index in [2.05, 4.69) is 6.07 Å². The van der Waals surface area contributed by atoms with Crippen LogP contribution in [0.5, 0.6) is 0 Å². The molecule has 0 spiro atoms. The summed E-state index contributed by atoms with van der Waals surface area (Å²) in [6.07, 6.45) is 0. The number of rotatable bonds is 3. The highest BCUT2D eigenvalue weighted by Gasteiger charge is 2.02. The number of nitrogens with zero attached hydrogens (tertiary/aromatic N) is 1. The van der Waals surface area contributed by atoms with Gasteiger partial charge in [0.25, 0.3) is 0 Å². The van der Waals surface area contributed by atoms with Crippen LogP contribution >= 0.6 is 23.4 Å². The van der Waals surface area contributed by atoms with Gasteiger partial charge in [-0.1, -0.05) is 23.7 Å². The van der Waals surface area contributed by atoms with Crippen molar-refractivity contribution >= 4 is 29.1 Å². The van der Waals surface area contributed by atoms with Gasteiger partial charge in [0.1, 0.15) is 0 Å². The standard InChI is InChI=1S/C14H11ClN2S/c15-13-7-12(17)5-6-14(13)18-9-11-3-1-10(8-16)2-4-11/h1-7H,9,17H2. The van der Waals surface area contributed by atoms with Crippen molar-refractivity contribution < 1.29 is 0 Å². The number of nitrogens with two attached hydrogens (primary N) is 1. The Balaban J connectivity index is 2.04. The van der Waals surface area contributed by atoms with Crippen LogP contribution in [0.25, 0.3) is 0 Å². The van der Waals surface area contributed by atoms with Crippen LogP contribution in [0.15, 0.2) is 47.4 Å². The van der Waals surface area contributed by atoms with Crippen LogP contribution in [0.2, 0.25) is 5.02 Å². The third-order valence-corrected chi connectivity index (χ3v) is 4.00. The average Bonchev–Trinajstić information content (AvgIpc) is 2.38. The van der Waals surface area contributed by atoms with Crippen LogP contribution in [-0.4, -0.2) is 0 Å². The van der Waals surface area contributed by atoms with E-state index < -0.39 is 0 Å². The van der Waals surface area contributed by atoms with Crippen molar-refractivity contribution in [3.63, 3.8) is 0 Å². The number of benzene rings is 2. The molecular weight excluding hydrogens is 264 g/mol. The molecule has 0 bridgehead atoms. The summed E-state index contributed by atoms with van der Waals surface area (Å²) in [6.45, 7) is 0. The fourth-order valence-electron chi connectivity index (χ4n) is 1.47. The zero-order chi connectivity index (χ0) is 13.0. The Bertz CT molecular complexity index is 588. The second-order valence-corrected chi connectivity index (χ2v) is 5.21. The van der Waals surface area contributed by atoms with Crippen LogP contribution < -0.4 is 5.73 Å². The summed E-state index contributed by atoms with van der Waals surface area (Å²) in [5, 5.41) is 9.39. The molecular formula is C14H11ClN2S. The quantitative estimate of drug-likeness (QED) is 0.677. The van der Waals surface area contributed by atoms with Gasteiger partial charge in [0.15, 0.2) is 0 Å². The molecule has 0 fully saturated rings. The van der Waals surface area contributed by atoms with Gasteiger partial charge in [-0.3, -0.25) is 0 Å². The van der Waals surface area contributed by atoms with Crippen molar-refractivity contribution in [3.8, 4) is 6.07 Å². The van der Waals surface area contributed by atoms with Crippen LogP contribution in [0.4, 0.5) is 5.69 Å². The minimum Gasteiger partial charge on any atom is -0.399 e. The SMILES string of the molecule is N#Cc1ccc(CSc2ccc(N)cc2Cl)cc1. The zero-order valence-corrected chi connectivity index (χ0v) is 11.1. The number of nitriles is 1. The van der Waals surface area contributed by atoms with E-state index in [1.54, 1.807) is 17.8 Å². The Morgan fingerprint density at radius 2 is 1.89 bits per heavy atom. The summed E-state index contributed by atoms with van der Waals surface area (Å²) in [5.41, 5.74) is 8.15. The largest absolute Gasteiger partial charge is 0.399 e. The smallest absolute Gasteiger partial charge is 0.0991 e. The van der Waals surface area contributed by atoms with E-state index in [9.17, 15) is 0 Å². The molecule has 18 heavy (non-hydrogen) atoms. The third-order valence-electron chi connectivity index (χ3n) is 2.43. The molecule has 0 amide bonds. The first-order valence-electron chi connectivity index (χ1n) is 5.36. The summed E-state index contributed by atoms with van der Waals surface area (Å²) in [6, 6.07) is 15.2. The lowest BCUT2D eigenvalue weighted by molar-refractivity contribution is 1.37. The average molecular weight is 275 g/mol. The topological polar surface area (TPSA) is 49.8 Å². The predicted molar refractivity (Wildman–Crippen MR) is 76.6 cm³/mol. The van der Waals surface area contributed by atoms with E-state index in [0.717, 1.165) is 16.2 Å². The van der Waals surface area contributed by atoms with Crippen molar-refractivity contribution in [1.82, 2.24) is 0 Å². The lowest BCUT2D eigenvalue weighted by Crippen LogP contribution is -1.86. The molecule has 90 valence electrons. The first-order chi connectivity index (χ1) is 8.69. The maximum atomic E-state index is 8.71. The second-order valence-electron chi connectivity index (χ2n) is 3.79. The normalized spacial score (nSPS) is 10.0. The third kappa shape index (κ3) is 3.19. The first kappa shape index (κ1) is 12.8. The van der Waals surface area contributed by atoms with Gasteiger partial charge in [-0.05, 0) is 35.9 Å². The summed E-state index contributed by atoms with van der Waals surface area (Å²) >= 11 is 7.75. The van der Waals surface area contributed by atoms with Gasteiger partial charge >= 0.3 is 0 Å². The lowest BCUT2D eigenvalue weighted by atomic mass is 10.2. The van der Waals surface area contributed by atoms with E-state index in [1.165, 1.54) is 0 Å². The Hall–Kier alpha value is -1.63. The molecule has 2 rings (SSSR count). The van der Waals surface area contributed by atoms with Crippen molar-refractivity contribution in [2.45, 2.75) is 10.6 Å². The molecule has 0 radical (unpaired) electrons. The van der Waals surface area contributed by atoms with Crippen LogP contribution in [-0.2, 0) is 5.75 Å². The molecule has 0 aliphatic rings. The molecule has 4 heteroatoms. The Labute approximate surface area is 115 Å². The Morgan fingerprint density at radius 3 is 2.50 bits per heavy atom. The fourth-order valence-corrected chi connectivity index (χ4v) is 2.70. The van der Waals surface area contributed by atoms with E-state index in [1.807, 2.05) is 36.4 Å². The van der Waals surface area contributed by atoms with Crippen molar-refractivity contribution in [2.24, 2.45) is 0 Å².